The number of hydrogen-bond acceptors (Lipinski definition) is 3. The van der Waals surface area contributed by atoms with Gasteiger partial charge in [0.1, 0.15) is 0 Å². The summed E-state index contributed by atoms with van der Waals surface area (Å²) in [6, 6.07) is 5.57. The van der Waals surface area contributed by atoms with Gasteiger partial charge in [-0.2, -0.15) is 0 Å². The SMILES string of the molecule is CCN(C1CC1)C(CN)c1cccs1. The molecule has 2 rings (SSSR count). The Morgan fingerprint density at radius 1 is 1.64 bits per heavy atom. The van der Waals surface area contributed by atoms with Gasteiger partial charge in [-0.25, -0.2) is 0 Å². The molecule has 78 valence electrons. The molecule has 0 aromatic carbocycles. The molecule has 1 aromatic rings. The van der Waals surface area contributed by atoms with Crippen molar-refractivity contribution in [2.45, 2.75) is 31.8 Å². The summed E-state index contributed by atoms with van der Waals surface area (Å²) in [5.74, 6) is 0. The minimum Gasteiger partial charge on any atom is -0.329 e. The zero-order valence-electron chi connectivity index (χ0n) is 8.65. The molecule has 2 N–H and O–H groups in total. The van der Waals surface area contributed by atoms with E-state index in [0.717, 1.165) is 19.1 Å². The Morgan fingerprint density at radius 2 is 2.43 bits per heavy atom. The fourth-order valence-electron chi connectivity index (χ4n) is 2.04. The molecule has 1 aliphatic rings. The molecule has 1 saturated carbocycles. The third-order valence-electron chi connectivity index (χ3n) is 2.88. The van der Waals surface area contributed by atoms with Gasteiger partial charge in [-0.1, -0.05) is 13.0 Å². The largest absolute Gasteiger partial charge is 0.329 e. The van der Waals surface area contributed by atoms with Gasteiger partial charge in [-0.15, -0.1) is 11.3 Å². The molecule has 2 nitrogen and oxygen atoms in total. The first-order valence-corrected chi connectivity index (χ1v) is 6.24. The van der Waals surface area contributed by atoms with E-state index in [9.17, 15) is 0 Å². The summed E-state index contributed by atoms with van der Waals surface area (Å²) in [7, 11) is 0. The maximum absolute atomic E-state index is 5.87. The summed E-state index contributed by atoms with van der Waals surface area (Å²) in [6.07, 6.45) is 2.71. The fraction of sp³-hybridized carbons (Fsp3) is 0.636. The van der Waals surface area contributed by atoms with E-state index in [0.29, 0.717) is 6.04 Å². The highest BCUT2D eigenvalue weighted by Crippen LogP contribution is 2.34. The van der Waals surface area contributed by atoms with Crippen molar-refractivity contribution in [3.63, 3.8) is 0 Å². The molecule has 14 heavy (non-hydrogen) atoms. The molecule has 1 atom stereocenters. The summed E-state index contributed by atoms with van der Waals surface area (Å²) in [5.41, 5.74) is 5.87. The second-order valence-electron chi connectivity index (χ2n) is 3.83. The Morgan fingerprint density at radius 3 is 2.86 bits per heavy atom. The van der Waals surface area contributed by atoms with Crippen molar-refractivity contribution in [3.8, 4) is 0 Å². The van der Waals surface area contributed by atoms with Gasteiger partial charge in [-0.05, 0) is 30.8 Å². The van der Waals surface area contributed by atoms with Gasteiger partial charge in [-0.3, -0.25) is 4.90 Å². The van der Waals surface area contributed by atoms with Crippen molar-refractivity contribution < 1.29 is 0 Å². The van der Waals surface area contributed by atoms with Gasteiger partial charge < -0.3 is 5.73 Å². The Labute approximate surface area is 89.7 Å². The van der Waals surface area contributed by atoms with Crippen LogP contribution in [0.1, 0.15) is 30.7 Å². The molecule has 1 heterocycles. The van der Waals surface area contributed by atoms with E-state index in [4.69, 9.17) is 5.73 Å². The summed E-state index contributed by atoms with van der Waals surface area (Å²) < 4.78 is 0. The first-order valence-electron chi connectivity index (χ1n) is 5.36. The highest BCUT2D eigenvalue weighted by atomic mass is 32.1. The molecular formula is C11H18N2S. The molecule has 0 bridgehead atoms. The lowest BCUT2D eigenvalue weighted by Crippen LogP contribution is -2.34. The van der Waals surface area contributed by atoms with Crippen LogP contribution in [0.25, 0.3) is 0 Å². The third-order valence-corrected chi connectivity index (χ3v) is 3.85. The van der Waals surface area contributed by atoms with E-state index in [1.54, 1.807) is 0 Å². The van der Waals surface area contributed by atoms with Crippen LogP contribution in [0, 0.1) is 0 Å². The van der Waals surface area contributed by atoms with Crippen LogP contribution in [0.2, 0.25) is 0 Å². The lowest BCUT2D eigenvalue weighted by Gasteiger charge is -2.28. The van der Waals surface area contributed by atoms with Crippen molar-refractivity contribution >= 4 is 11.3 Å². The van der Waals surface area contributed by atoms with Crippen LogP contribution >= 0.6 is 11.3 Å². The molecule has 1 unspecified atom stereocenters. The molecule has 0 aliphatic heterocycles. The van der Waals surface area contributed by atoms with Gasteiger partial charge in [0.2, 0.25) is 0 Å². The number of hydrogen-bond donors (Lipinski definition) is 1. The van der Waals surface area contributed by atoms with Crippen LogP contribution < -0.4 is 5.73 Å². The van der Waals surface area contributed by atoms with Crippen LogP contribution in [-0.4, -0.2) is 24.0 Å². The zero-order chi connectivity index (χ0) is 9.97. The lowest BCUT2D eigenvalue weighted by atomic mass is 10.2. The van der Waals surface area contributed by atoms with E-state index in [2.05, 4.69) is 29.3 Å². The quantitative estimate of drug-likeness (QED) is 0.807. The first kappa shape index (κ1) is 10.1. The van der Waals surface area contributed by atoms with Gasteiger partial charge in [0.05, 0.1) is 6.04 Å². The molecule has 3 heteroatoms. The number of rotatable bonds is 5. The normalized spacial score (nSPS) is 18.8. The van der Waals surface area contributed by atoms with Gasteiger partial charge in [0.15, 0.2) is 0 Å². The van der Waals surface area contributed by atoms with E-state index < -0.39 is 0 Å². The summed E-state index contributed by atoms with van der Waals surface area (Å²) >= 11 is 1.82. The Bertz CT molecular complexity index is 267. The number of nitrogens with zero attached hydrogens (tertiary/aromatic N) is 1. The topological polar surface area (TPSA) is 29.3 Å². The average molecular weight is 210 g/mol. The van der Waals surface area contributed by atoms with Crippen molar-refractivity contribution in [1.82, 2.24) is 4.90 Å². The molecule has 1 aromatic heterocycles. The second-order valence-corrected chi connectivity index (χ2v) is 4.81. The Kier molecular flexibility index (Phi) is 3.21. The zero-order valence-corrected chi connectivity index (χ0v) is 9.46. The standard InChI is InChI=1S/C11H18N2S/c1-2-13(9-5-6-9)10(8-12)11-4-3-7-14-11/h3-4,7,9-10H,2,5-6,8,12H2,1H3. The van der Waals surface area contributed by atoms with Crippen LogP contribution in [0.3, 0.4) is 0 Å². The summed E-state index contributed by atoms with van der Waals surface area (Å²) in [4.78, 5) is 3.97. The molecule has 1 fully saturated rings. The predicted octanol–water partition coefficient (Wildman–Crippen LogP) is 2.23. The first-order chi connectivity index (χ1) is 6.86. The average Bonchev–Trinajstić information content (AvgIpc) is 2.90. The van der Waals surface area contributed by atoms with E-state index in [-0.39, 0.29) is 0 Å². The van der Waals surface area contributed by atoms with Crippen LogP contribution in [0.5, 0.6) is 0 Å². The molecular weight excluding hydrogens is 192 g/mol. The predicted molar refractivity (Wildman–Crippen MR) is 61.5 cm³/mol. The minimum absolute atomic E-state index is 0.451. The van der Waals surface area contributed by atoms with Crippen molar-refractivity contribution in [2.75, 3.05) is 13.1 Å². The Hall–Kier alpha value is -0.380. The van der Waals surface area contributed by atoms with Crippen molar-refractivity contribution in [1.29, 1.82) is 0 Å². The maximum Gasteiger partial charge on any atom is 0.0566 e. The fourth-order valence-corrected chi connectivity index (χ4v) is 2.90. The minimum atomic E-state index is 0.451. The molecule has 0 amide bonds. The Balaban J connectivity index is 2.10. The van der Waals surface area contributed by atoms with E-state index >= 15 is 0 Å². The van der Waals surface area contributed by atoms with Crippen LogP contribution in [0.4, 0.5) is 0 Å². The molecule has 0 radical (unpaired) electrons. The maximum atomic E-state index is 5.87. The van der Waals surface area contributed by atoms with E-state index in [1.165, 1.54) is 17.7 Å². The highest BCUT2D eigenvalue weighted by molar-refractivity contribution is 7.10. The summed E-state index contributed by atoms with van der Waals surface area (Å²) in [5, 5.41) is 2.14. The molecule has 1 aliphatic carbocycles. The van der Waals surface area contributed by atoms with Gasteiger partial charge >= 0.3 is 0 Å². The van der Waals surface area contributed by atoms with Crippen molar-refractivity contribution in [3.05, 3.63) is 22.4 Å². The van der Waals surface area contributed by atoms with E-state index in [1.807, 2.05) is 11.3 Å². The monoisotopic (exact) mass is 210 g/mol. The molecule has 0 saturated heterocycles. The lowest BCUT2D eigenvalue weighted by molar-refractivity contribution is 0.205. The smallest absolute Gasteiger partial charge is 0.0566 e. The number of nitrogens with two attached hydrogens (primary N) is 1. The number of thiophene rings is 1. The molecule has 0 spiro atoms. The highest BCUT2D eigenvalue weighted by Gasteiger charge is 2.33. The van der Waals surface area contributed by atoms with Gasteiger partial charge in [0, 0.05) is 17.5 Å². The van der Waals surface area contributed by atoms with Crippen molar-refractivity contribution in [2.24, 2.45) is 5.73 Å². The van der Waals surface area contributed by atoms with Gasteiger partial charge in [0.25, 0.3) is 0 Å². The second kappa shape index (κ2) is 4.43. The third kappa shape index (κ3) is 2.00. The van der Waals surface area contributed by atoms with Crippen LogP contribution in [0.15, 0.2) is 17.5 Å². The number of likely N-dealkylation sites (N-methyl/N-ethyl adjacent to an activating group) is 1. The summed E-state index contributed by atoms with van der Waals surface area (Å²) in [6.45, 7) is 4.09. The van der Waals surface area contributed by atoms with Crippen LogP contribution in [-0.2, 0) is 0 Å².